The number of aromatic nitrogens is 2. The Balaban J connectivity index is 2.23. The molecule has 1 aromatic carbocycles. The molecule has 0 bridgehead atoms. The van der Waals surface area contributed by atoms with Gasteiger partial charge in [-0.15, -0.1) is 0 Å². The Hall–Kier alpha value is -2.26. The molecule has 21 heavy (non-hydrogen) atoms. The Bertz CT molecular complexity index is 654. The zero-order chi connectivity index (χ0) is 15.1. The fourth-order valence-electron chi connectivity index (χ4n) is 1.64. The summed E-state index contributed by atoms with van der Waals surface area (Å²) in [6, 6.07) is 10.8. The molecule has 0 saturated carbocycles. The lowest BCUT2D eigenvalue weighted by atomic mass is 10.2. The van der Waals surface area contributed by atoms with Gasteiger partial charge in [0.1, 0.15) is 11.6 Å². The molecule has 1 aromatic heterocycles. The van der Waals surface area contributed by atoms with Crippen LogP contribution in [0.1, 0.15) is 18.9 Å². The summed E-state index contributed by atoms with van der Waals surface area (Å²) in [6.07, 6.45) is 2.93. The van der Waals surface area contributed by atoms with Crippen LogP contribution in [-0.4, -0.2) is 22.8 Å². The van der Waals surface area contributed by atoms with E-state index < -0.39 is 0 Å². The van der Waals surface area contributed by atoms with Crippen LogP contribution >= 0.6 is 11.8 Å². The minimum absolute atomic E-state index is 0.461. The summed E-state index contributed by atoms with van der Waals surface area (Å²) >= 11 is 1.45. The molecule has 1 heterocycles. The smallest absolute Gasteiger partial charge is 0.225 e. The molecule has 0 spiro atoms. The molecule has 0 unspecified atom stereocenters. The van der Waals surface area contributed by atoms with Gasteiger partial charge in [0.15, 0.2) is 5.16 Å². The van der Waals surface area contributed by atoms with Gasteiger partial charge in [0.05, 0.1) is 11.6 Å². The molecule has 0 aliphatic rings. The molecule has 2 rings (SSSR count). The molecular formula is C15H16N4OS. The minimum Gasteiger partial charge on any atom is -0.439 e. The molecule has 0 saturated heterocycles. The number of nitrogens with one attached hydrogen (secondary N) is 1. The Morgan fingerprint density at radius 1 is 1.33 bits per heavy atom. The number of nitriles is 1. The number of benzene rings is 1. The molecule has 0 atom stereocenters. The predicted molar refractivity (Wildman–Crippen MR) is 83.8 cm³/mol. The van der Waals surface area contributed by atoms with Crippen LogP contribution in [0.2, 0.25) is 0 Å². The van der Waals surface area contributed by atoms with Crippen molar-refractivity contribution in [3.05, 3.63) is 35.9 Å². The van der Waals surface area contributed by atoms with Crippen molar-refractivity contribution in [2.75, 3.05) is 18.1 Å². The number of hydrogen-bond donors (Lipinski definition) is 1. The highest BCUT2D eigenvalue weighted by molar-refractivity contribution is 7.98. The summed E-state index contributed by atoms with van der Waals surface area (Å²) in [6.45, 7) is 2.93. The van der Waals surface area contributed by atoms with Crippen molar-refractivity contribution in [1.29, 1.82) is 5.26 Å². The van der Waals surface area contributed by atoms with E-state index in [4.69, 9.17) is 10.00 Å². The Morgan fingerprint density at radius 2 is 2.19 bits per heavy atom. The second-order valence-corrected chi connectivity index (χ2v) is 5.02. The molecule has 0 fully saturated rings. The highest BCUT2D eigenvalue weighted by atomic mass is 32.2. The SMILES string of the molecule is CCCNc1cc(Oc2cccc(C#N)c2)nc(SC)n1. The topological polar surface area (TPSA) is 70.8 Å². The maximum atomic E-state index is 8.91. The number of nitrogens with zero attached hydrogens (tertiary/aromatic N) is 3. The van der Waals surface area contributed by atoms with E-state index in [0.717, 1.165) is 18.8 Å². The summed E-state index contributed by atoms with van der Waals surface area (Å²) in [5.74, 6) is 1.78. The van der Waals surface area contributed by atoms with E-state index in [1.807, 2.05) is 6.26 Å². The summed E-state index contributed by atoms with van der Waals surface area (Å²) < 4.78 is 5.73. The van der Waals surface area contributed by atoms with Gasteiger partial charge in [-0.1, -0.05) is 24.8 Å². The van der Waals surface area contributed by atoms with Gasteiger partial charge in [0, 0.05) is 12.6 Å². The van der Waals surface area contributed by atoms with Gasteiger partial charge in [-0.3, -0.25) is 0 Å². The van der Waals surface area contributed by atoms with Crippen molar-refractivity contribution >= 4 is 17.6 Å². The number of ether oxygens (including phenoxy) is 1. The van der Waals surface area contributed by atoms with E-state index in [0.29, 0.717) is 22.3 Å². The molecule has 0 radical (unpaired) electrons. The van der Waals surface area contributed by atoms with Crippen molar-refractivity contribution in [3.8, 4) is 17.7 Å². The van der Waals surface area contributed by atoms with Crippen molar-refractivity contribution in [2.24, 2.45) is 0 Å². The third-order valence-electron chi connectivity index (χ3n) is 2.61. The zero-order valence-corrected chi connectivity index (χ0v) is 12.8. The molecule has 0 amide bonds. The van der Waals surface area contributed by atoms with Crippen LogP contribution in [0.15, 0.2) is 35.5 Å². The molecular weight excluding hydrogens is 284 g/mol. The maximum Gasteiger partial charge on any atom is 0.225 e. The van der Waals surface area contributed by atoms with Gasteiger partial charge >= 0.3 is 0 Å². The first-order valence-electron chi connectivity index (χ1n) is 6.60. The molecule has 108 valence electrons. The molecule has 0 aliphatic heterocycles. The van der Waals surface area contributed by atoms with Crippen molar-refractivity contribution in [3.63, 3.8) is 0 Å². The minimum atomic E-state index is 0.461. The lowest BCUT2D eigenvalue weighted by Crippen LogP contribution is -2.04. The highest BCUT2D eigenvalue weighted by Gasteiger charge is 2.06. The third-order valence-corrected chi connectivity index (χ3v) is 3.15. The second-order valence-electron chi connectivity index (χ2n) is 4.25. The van der Waals surface area contributed by atoms with Crippen molar-refractivity contribution in [1.82, 2.24) is 9.97 Å². The number of hydrogen-bond acceptors (Lipinski definition) is 6. The van der Waals surface area contributed by atoms with Gasteiger partial charge in [-0.25, -0.2) is 4.98 Å². The second kappa shape index (κ2) is 7.50. The third kappa shape index (κ3) is 4.36. The molecule has 0 aliphatic carbocycles. The fraction of sp³-hybridized carbons (Fsp3) is 0.267. The highest BCUT2D eigenvalue weighted by Crippen LogP contribution is 2.24. The van der Waals surface area contributed by atoms with Crippen LogP contribution in [0.4, 0.5) is 5.82 Å². The summed E-state index contributed by atoms with van der Waals surface area (Å²) in [5, 5.41) is 12.8. The van der Waals surface area contributed by atoms with Gasteiger partial charge < -0.3 is 10.1 Å². The van der Waals surface area contributed by atoms with E-state index >= 15 is 0 Å². The first kappa shape index (κ1) is 15.1. The van der Waals surface area contributed by atoms with Gasteiger partial charge in [0.2, 0.25) is 5.88 Å². The first-order valence-corrected chi connectivity index (χ1v) is 7.82. The van der Waals surface area contributed by atoms with E-state index in [2.05, 4.69) is 28.3 Å². The van der Waals surface area contributed by atoms with Crippen LogP contribution in [0.3, 0.4) is 0 Å². The maximum absolute atomic E-state index is 8.91. The van der Waals surface area contributed by atoms with Crippen LogP contribution in [0.25, 0.3) is 0 Å². The number of thioether (sulfide) groups is 1. The largest absolute Gasteiger partial charge is 0.439 e. The Morgan fingerprint density at radius 3 is 2.90 bits per heavy atom. The van der Waals surface area contributed by atoms with Crippen molar-refractivity contribution in [2.45, 2.75) is 18.5 Å². The zero-order valence-electron chi connectivity index (χ0n) is 12.0. The standard InChI is InChI=1S/C15H16N4OS/c1-3-7-17-13-9-14(19-15(18-13)21-2)20-12-6-4-5-11(8-12)10-16/h4-6,8-9H,3,7H2,1-2H3,(H,17,18,19). The monoisotopic (exact) mass is 300 g/mol. The van der Waals surface area contributed by atoms with E-state index in [-0.39, 0.29) is 0 Å². The molecule has 2 aromatic rings. The average Bonchev–Trinajstić information content (AvgIpc) is 2.52. The lowest BCUT2D eigenvalue weighted by Gasteiger charge is -2.09. The first-order chi connectivity index (χ1) is 10.2. The summed E-state index contributed by atoms with van der Waals surface area (Å²) in [4.78, 5) is 8.69. The number of rotatable bonds is 6. The molecule has 6 heteroatoms. The van der Waals surface area contributed by atoms with E-state index in [1.54, 1.807) is 30.3 Å². The predicted octanol–water partition coefficient (Wildman–Crippen LogP) is 3.68. The van der Waals surface area contributed by atoms with Crippen LogP contribution in [0, 0.1) is 11.3 Å². The van der Waals surface area contributed by atoms with Crippen LogP contribution in [-0.2, 0) is 0 Å². The van der Waals surface area contributed by atoms with E-state index in [1.165, 1.54) is 11.8 Å². The summed E-state index contributed by atoms with van der Waals surface area (Å²) in [7, 11) is 0. The van der Waals surface area contributed by atoms with Gasteiger partial charge in [0.25, 0.3) is 0 Å². The van der Waals surface area contributed by atoms with E-state index in [9.17, 15) is 0 Å². The lowest BCUT2D eigenvalue weighted by molar-refractivity contribution is 0.456. The quantitative estimate of drug-likeness (QED) is 0.648. The Labute approximate surface area is 128 Å². The van der Waals surface area contributed by atoms with Gasteiger partial charge in [-0.2, -0.15) is 10.2 Å². The average molecular weight is 300 g/mol. The van der Waals surface area contributed by atoms with Crippen LogP contribution in [0.5, 0.6) is 11.6 Å². The fourth-order valence-corrected chi connectivity index (χ4v) is 2.01. The van der Waals surface area contributed by atoms with Crippen molar-refractivity contribution < 1.29 is 4.74 Å². The normalized spacial score (nSPS) is 9.95. The van der Waals surface area contributed by atoms with Crippen LogP contribution < -0.4 is 10.1 Å². The Kier molecular flexibility index (Phi) is 5.41. The van der Waals surface area contributed by atoms with Gasteiger partial charge in [-0.05, 0) is 30.9 Å². The summed E-state index contributed by atoms with van der Waals surface area (Å²) in [5.41, 5.74) is 0.552. The number of anilines is 1. The molecule has 1 N–H and O–H groups in total. The molecule has 5 nitrogen and oxygen atoms in total.